The van der Waals surface area contributed by atoms with E-state index in [4.69, 9.17) is 0 Å². The van der Waals surface area contributed by atoms with Gasteiger partial charge >= 0.3 is 0 Å². The van der Waals surface area contributed by atoms with Crippen LogP contribution < -0.4 is 9.80 Å². The summed E-state index contributed by atoms with van der Waals surface area (Å²) in [7, 11) is 0. The maximum Gasteiger partial charge on any atom is 0.0503 e. The summed E-state index contributed by atoms with van der Waals surface area (Å²) in [5.41, 5.74) is 19.4. The second-order valence-corrected chi connectivity index (χ2v) is 22.3. The largest absolute Gasteiger partial charge is 0.310 e. The number of rotatable bonds is 5. The summed E-state index contributed by atoms with van der Waals surface area (Å²) in [5, 5.41) is 5.31. The third-order valence-electron chi connectivity index (χ3n) is 15.5. The topological polar surface area (TPSA) is 6.48 Å². The van der Waals surface area contributed by atoms with Crippen LogP contribution in [0.2, 0.25) is 0 Å². The minimum Gasteiger partial charge on any atom is -0.310 e. The van der Waals surface area contributed by atoms with Crippen LogP contribution in [-0.4, -0.2) is 0 Å². The third-order valence-corrected chi connectivity index (χ3v) is 17.8. The van der Waals surface area contributed by atoms with Crippen LogP contribution in [0.25, 0.3) is 73.7 Å². The van der Waals surface area contributed by atoms with E-state index in [9.17, 15) is 0 Å². The molecule has 0 spiro atoms. The van der Waals surface area contributed by atoms with Crippen LogP contribution >= 0.6 is 22.7 Å². The molecule has 10 aromatic carbocycles. The number of thiophene rings is 2. The molecule has 14 rings (SSSR count). The first-order valence-corrected chi connectivity index (χ1v) is 25.9. The van der Waals surface area contributed by atoms with Crippen molar-refractivity contribution in [2.24, 2.45) is 0 Å². The number of nitrogens with zero attached hydrogens (tertiary/aromatic N) is 2. The second kappa shape index (κ2) is 15.4. The van der Waals surface area contributed by atoms with Crippen LogP contribution in [0.4, 0.5) is 34.1 Å². The standard InChI is InChI=1S/C66H48N2S2/c1-65(2)53-15-7-9-17-57(53)67(47-29-21-41(22-30-47)43-27-35-63-51(37-43)49-13-5-11-19-61(49)69-63)59-33-25-45(39-55(59)65)46-26-34-60-56(40-46)66(3,4)54-16-8-10-18-58(54)68(60)48-31-23-42(24-32-48)44-28-36-64-52(38-44)50-14-6-12-20-62(50)70-64/h5-40H,1-4H3. The van der Waals surface area contributed by atoms with E-state index in [1.165, 1.54) is 119 Å². The zero-order chi connectivity index (χ0) is 46.9. The fourth-order valence-electron chi connectivity index (χ4n) is 11.7. The molecule has 0 saturated heterocycles. The Morgan fingerprint density at radius 2 is 0.600 bits per heavy atom. The van der Waals surface area contributed by atoms with Crippen LogP contribution in [0.3, 0.4) is 0 Å². The fraction of sp³-hybridized carbons (Fsp3) is 0.0909. The Labute approximate surface area is 417 Å². The average Bonchev–Trinajstić information content (AvgIpc) is 3.97. The van der Waals surface area contributed by atoms with Crippen LogP contribution in [0.15, 0.2) is 218 Å². The molecule has 0 amide bonds. The molecule has 0 bridgehead atoms. The Morgan fingerprint density at radius 1 is 0.271 bits per heavy atom. The summed E-state index contributed by atoms with van der Waals surface area (Å²) in [5.74, 6) is 0. The minimum absolute atomic E-state index is 0.226. The van der Waals surface area contributed by atoms with Gasteiger partial charge in [-0.15, -0.1) is 22.7 Å². The number of benzene rings is 10. The highest BCUT2D eigenvalue weighted by atomic mass is 32.1. The molecular formula is C66H48N2S2. The molecule has 70 heavy (non-hydrogen) atoms. The van der Waals surface area contributed by atoms with E-state index in [0.717, 1.165) is 11.4 Å². The monoisotopic (exact) mass is 932 g/mol. The van der Waals surface area contributed by atoms with E-state index in [2.05, 4.69) is 256 Å². The van der Waals surface area contributed by atoms with Crippen molar-refractivity contribution in [2.75, 3.05) is 9.80 Å². The second-order valence-electron chi connectivity index (χ2n) is 20.1. The lowest BCUT2D eigenvalue weighted by Crippen LogP contribution is -2.31. The zero-order valence-corrected chi connectivity index (χ0v) is 41.1. The summed E-state index contributed by atoms with van der Waals surface area (Å²) in [6, 6.07) is 81.9. The maximum atomic E-state index is 2.47. The number of anilines is 6. The lowest BCUT2D eigenvalue weighted by atomic mass is 9.71. The van der Waals surface area contributed by atoms with E-state index in [0.29, 0.717) is 0 Å². The normalized spacial score (nSPS) is 14.5. The molecule has 2 nitrogen and oxygen atoms in total. The minimum atomic E-state index is -0.226. The van der Waals surface area contributed by atoms with E-state index >= 15 is 0 Å². The van der Waals surface area contributed by atoms with Crippen molar-refractivity contribution >= 4 is 97.1 Å². The Kier molecular flexibility index (Phi) is 9.05. The van der Waals surface area contributed by atoms with Crippen molar-refractivity contribution in [1.29, 1.82) is 0 Å². The van der Waals surface area contributed by atoms with Crippen LogP contribution in [-0.2, 0) is 10.8 Å². The van der Waals surface area contributed by atoms with E-state index in [-0.39, 0.29) is 10.8 Å². The maximum absolute atomic E-state index is 2.47. The van der Waals surface area contributed by atoms with Gasteiger partial charge in [-0.1, -0.05) is 149 Å². The van der Waals surface area contributed by atoms with Crippen molar-refractivity contribution in [3.8, 4) is 33.4 Å². The Morgan fingerprint density at radius 3 is 1.04 bits per heavy atom. The van der Waals surface area contributed by atoms with E-state index in [1.807, 2.05) is 22.7 Å². The summed E-state index contributed by atoms with van der Waals surface area (Å²) in [6.45, 7) is 9.55. The molecule has 0 N–H and O–H groups in total. The number of hydrogen-bond donors (Lipinski definition) is 0. The summed E-state index contributed by atoms with van der Waals surface area (Å²) < 4.78 is 5.33. The number of para-hydroxylation sites is 2. The van der Waals surface area contributed by atoms with Gasteiger partial charge in [-0.05, 0) is 153 Å². The molecule has 0 saturated carbocycles. The molecule has 0 atom stereocenters. The smallest absolute Gasteiger partial charge is 0.0503 e. The molecule has 4 heterocycles. The lowest BCUT2D eigenvalue weighted by molar-refractivity contribution is 0.631. The quantitative estimate of drug-likeness (QED) is 0.170. The average molecular weight is 933 g/mol. The van der Waals surface area contributed by atoms with Gasteiger partial charge in [0.2, 0.25) is 0 Å². The van der Waals surface area contributed by atoms with Gasteiger partial charge in [0.25, 0.3) is 0 Å². The SMILES string of the molecule is CC1(C)c2ccccc2N(c2ccc(-c3ccc4sc5ccccc5c4c3)cc2)c2ccc(-c3ccc4c(c3)C(C)(C)c3ccccc3N4c3ccc(-c4ccc5sc6ccccc6c5c4)cc3)cc21. The van der Waals surface area contributed by atoms with Gasteiger partial charge in [-0.2, -0.15) is 0 Å². The highest BCUT2D eigenvalue weighted by Gasteiger charge is 2.39. The summed E-state index contributed by atoms with van der Waals surface area (Å²) >= 11 is 3.73. The first kappa shape index (κ1) is 41.2. The zero-order valence-electron chi connectivity index (χ0n) is 39.5. The van der Waals surface area contributed by atoms with E-state index in [1.54, 1.807) is 0 Å². The predicted octanol–water partition coefficient (Wildman–Crippen LogP) is 19.6. The molecule has 0 aliphatic carbocycles. The molecule has 334 valence electrons. The van der Waals surface area contributed by atoms with Crippen molar-refractivity contribution in [3.63, 3.8) is 0 Å². The Hall–Kier alpha value is -7.76. The van der Waals surface area contributed by atoms with Crippen molar-refractivity contribution in [1.82, 2.24) is 0 Å². The molecule has 0 fully saturated rings. The lowest BCUT2D eigenvalue weighted by Gasteiger charge is -2.43. The molecular weight excluding hydrogens is 885 g/mol. The van der Waals surface area contributed by atoms with Crippen LogP contribution in [0.1, 0.15) is 49.9 Å². The van der Waals surface area contributed by atoms with Gasteiger partial charge in [0.1, 0.15) is 0 Å². The third kappa shape index (κ3) is 6.23. The van der Waals surface area contributed by atoms with Crippen LogP contribution in [0.5, 0.6) is 0 Å². The molecule has 0 radical (unpaired) electrons. The highest BCUT2D eigenvalue weighted by molar-refractivity contribution is 7.26. The summed E-state index contributed by atoms with van der Waals surface area (Å²) in [4.78, 5) is 4.94. The van der Waals surface area contributed by atoms with Gasteiger partial charge in [-0.3, -0.25) is 0 Å². The van der Waals surface area contributed by atoms with Gasteiger partial charge < -0.3 is 9.80 Å². The molecule has 2 aliphatic heterocycles. The van der Waals surface area contributed by atoms with Gasteiger partial charge in [0.05, 0.1) is 22.7 Å². The summed E-state index contributed by atoms with van der Waals surface area (Å²) in [6.07, 6.45) is 0. The Bertz CT molecular complexity index is 3810. The molecule has 2 aromatic heterocycles. The molecule has 0 unspecified atom stereocenters. The number of fused-ring (bicyclic) bond motifs is 10. The van der Waals surface area contributed by atoms with Gasteiger partial charge in [0, 0.05) is 62.5 Å². The fourth-order valence-corrected chi connectivity index (χ4v) is 13.9. The van der Waals surface area contributed by atoms with Crippen molar-refractivity contribution in [2.45, 2.75) is 38.5 Å². The highest BCUT2D eigenvalue weighted by Crippen LogP contribution is 2.55. The molecule has 4 heteroatoms. The molecule has 2 aliphatic rings. The first-order valence-electron chi connectivity index (χ1n) is 24.3. The van der Waals surface area contributed by atoms with Crippen LogP contribution in [0, 0.1) is 0 Å². The first-order chi connectivity index (χ1) is 34.2. The molecule has 12 aromatic rings. The number of hydrogen-bond acceptors (Lipinski definition) is 4. The van der Waals surface area contributed by atoms with Crippen molar-refractivity contribution < 1.29 is 0 Å². The van der Waals surface area contributed by atoms with Crippen molar-refractivity contribution in [3.05, 3.63) is 241 Å². The van der Waals surface area contributed by atoms with Gasteiger partial charge in [0.15, 0.2) is 0 Å². The Balaban J connectivity index is 0.830. The van der Waals surface area contributed by atoms with E-state index < -0.39 is 0 Å². The predicted molar refractivity (Wildman–Crippen MR) is 302 cm³/mol. The van der Waals surface area contributed by atoms with Gasteiger partial charge in [-0.25, -0.2) is 0 Å².